The SMILES string of the molecule is COc1ccc(-c2oc3ncn4nc(CON=C(C)c5ccc(Br)cc5)nc4c3c2-c2ccc(OC)cc2)cc1. The molecule has 3 aromatic heterocycles. The second-order valence-corrected chi connectivity index (χ2v) is 9.86. The Morgan fingerprint density at radius 2 is 1.55 bits per heavy atom. The maximum atomic E-state index is 6.34. The van der Waals surface area contributed by atoms with Gasteiger partial charge in [-0.15, -0.1) is 5.10 Å². The zero-order valence-corrected chi connectivity index (χ0v) is 23.5. The van der Waals surface area contributed by atoms with Gasteiger partial charge >= 0.3 is 0 Å². The van der Waals surface area contributed by atoms with E-state index in [0.717, 1.165) is 49.3 Å². The van der Waals surface area contributed by atoms with Crippen LogP contribution in [0, 0.1) is 0 Å². The number of halogens is 1. The summed E-state index contributed by atoms with van der Waals surface area (Å²) in [6, 6.07) is 23.4. The van der Waals surface area contributed by atoms with Gasteiger partial charge in [-0.3, -0.25) is 0 Å². The van der Waals surface area contributed by atoms with E-state index in [1.165, 1.54) is 0 Å². The summed E-state index contributed by atoms with van der Waals surface area (Å²) >= 11 is 3.45. The Bertz CT molecular complexity index is 1830. The first kappa shape index (κ1) is 25.6. The average molecular weight is 598 g/mol. The number of methoxy groups -OCH3 is 2. The van der Waals surface area contributed by atoms with Gasteiger partial charge in [-0.05, 0) is 66.6 Å². The Hall–Kier alpha value is -4.70. The van der Waals surface area contributed by atoms with Crippen molar-refractivity contribution in [1.29, 1.82) is 0 Å². The molecule has 0 aliphatic heterocycles. The molecule has 3 heterocycles. The van der Waals surface area contributed by atoms with Crippen LogP contribution in [0.3, 0.4) is 0 Å². The van der Waals surface area contributed by atoms with E-state index in [4.69, 9.17) is 23.7 Å². The van der Waals surface area contributed by atoms with E-state index >= 15 is 0 Å². The van der Waals surface area contributed by atoms with Gasteiger partial charge in [0.1, 0.15) is 23.6 Å². The summed E-state index contributed by atoms with van der Waals surface area (Å²) in [6.45, 7) is 1.99. The van der Waals surface area contributed by atoms with Crippen LogP contribution in [0.2, 0.25) is 0 Å². The molecule has 9 nitrogen and oxygen atoms in total. The number of hydrogen-bond acceptors (Lipinski definition) is 8. The molecule has 0 unspecified atom stereocenters. The van der Waals surface area contributed by atoms with Gasteiger partial charge in [0.25, 0.3) is 0 Å². The van der Waals surface area contributed by atoms with Gasteiger partial charge in [0.2, 0.25) is 5.71 Å². The molecular weight excluding hydrogens is 574 g/mol. The van der Waals surface area contributed by atoms with Crippen LogP contribution in [0.5, 0.6) is 11.5 Å². The normalized spacial score (nSPS) is 11.8. The van der Waals surface area contributed by atoms with Gasteiger partial charge in [0.15, 0.2) is 18.1 Å². The minimum absolute atomic E-state index is 0.0953. The third kappa shape index (κ3) is 4.89. The summed E-state index contributed by atoms with van der Waals surface area (Å²) in [7, 11) is 3.28. The molecule has 40 heavy (non-hydrogen) atoms. The molecule has 0 saturated carbocycles. The van der Waals surface area contributed by atoms with E-state index in [0.29, 0.717) is 22.9 Å². The zero-order valence-electron chi connectivity index (χ0n) is 22.0. The van der Waals surface area contributed by atoms with Crippen LogP contribution in [-0.2, 0) is 11.4 Å². The maximum Gasteiger partial charge on any atom is 0.232 e. The lowest BCUT2D eigenvalue weighted by Gasteiger charge is -2.06. The summed E-state index contributed by atoms with van der Waals surface area (Å²) in [5.41, 5.74) is 5.43. The molecule has 0 fully saturated rings. The van der Waals surface area contributed by atoms with Crippen molar-refractivity contribution in [2.24, 2.45) is 5.16 Å². The van der Waals surface area contributed by atoms with Gasteiger partial charge in [-0.2, -0.15) is 0 Å². The van der Waals surface area contributed by atoms with Crippen molar-refractivity contribution in [3.05, 3.63) is 95.0 Å². The quantitative estimate of drug-likeness (QED) is 0.139. The van der Waals surface area contributed by atoms with E-state index in [9.17, 15) is 0 Å². The molecule has 0 atom stereocenters. The average Bonchev–Trinajstić information content (AvgIpc) is 3.59. The van der Waals surface area contributed by atoms with Crippen LogP contribution in [0.4, 0.5) is 0 Å². The Balaban J connectivity index is 1.41. The summed E-state index contributed by atoms with van der Waals surface area (Å²) in [5.74, 6) is 2.65. The molecule has 0 bridgehead atoms. The van der Waals surface area contributed by atoms with E-state index in [2.05, 4.69) is 31.2 Å². The first-order valence-corrected chi connectivity index (χ1v) is 13.2. The number of hydrogen-bond donors (Lipinski definition) is 0. The Morgan fingerprint density at radius 1 is 0.900 bits per heavy atom. The monoisotopic (exact) mass is 597 g/mol. The highest BCUT2D eigenvalue weighted by molar-refractivity contribution is 9.10. The van der Waals surface area contributed by atoms with Crippen molar-refractivity contribution < 1.29 is 18.7 Å². The fourth-order valence-electron chi connectivity index (χ4n) is 4.41. The first-order valence-electron chi connectivity index (χ1n) is 12.4. The van der Waals surface area contributed by atoms with Gasteiger partial charge < -0.3 is 18.7 Å². The zero-order chi connectivity index (χ0) is 27.6. The van der Waals surface area contributed by atoms with Gasteiger partial charge in [-0.25, -0.2) is 14.5 Å². The molecule has 0 N–H and O–H groups in total. The van der Waals surface area contributed by atoms with Crippen LogP contribution in [-0.4, -0.2) is 39.5 Å². The maximum absolute atomic E-state index is 6.34. The highest BCUT2D eigenvalue weighted by Crippen LogP contribution is 2.42. The number of rotatable bonds is 8. The number of aromatic nitrogens is 4. The molecule has 0 aliphatic rings. The summed E-state index contributed by atoms with van der Waals surface area (Å²) in [4.78, 5) is 14.9. The fourth-order valence-corrected chi connectivity index (χ4v) is 4.68. The smallest absolute Gasteiger partial charge is 0.232 e. The van der Waals surface area contributed by atoms with E-state index in [1.54, 1.807) is 25.1 Å². The van der Waals surface area contributed by atoms with Crippen LogP contribution < -0.4 is 9.47 Å². The summed E-state index contributed by atoms with van der Waals surface area (Å²) in [6.07, 6.45) is 1.59. The standard InChI is InChI=1S/C30H24BrN5O4/c1-18(19-4-10-22(31)11-5-19)35-39-16-25-33-29-27-26(20-6-12-23(37-2)13-7-20)28(21-8-14-24(38-3)15-9-21)40-30(27)32-17-36(29)34-25/h4-15,17H,16H2,1-3H3. The highest BCUT2D eigenvalue weighted by atomic mass is 79.9. The minimum atomic E-state index is 0.0953. The highest BCUT2D eigenvalue weighted by Gasteiger charge is 2.23. The third-order valence-electron chi connectivity index (χ3n) is 6.46. The molecule has 3 aromatic carbocycles. The molecule has 10 heteroatoms. The minimum Gasteiger partial charge on any atom is -0.497 e. The number of fused-ring (bicyclic) bond motifs is 3. The van der Waals surface area contributed by atoms with E-state index < -0.39 is 0 Å². The molecule has 0 amide bonds. The number of ether oxygens (including phenoxy) is 2. The van der Waals surface area contributed by atoms with Crippen molar-refractivity contribution in [3.63, 3.8) is 0 Å². The first-order chi connectivity index (χ1) is 19.5. The number of oxime groups is 1. The molecule has 200 valence electrons. The summed E-state index contributed by atoms with van der Waals surface area (Å²) in [5, 5.41) is 9.56. The van der Waals surface area contributed by atoms with Gasteiger partial charge in [0, 0.05) is 15.6 Å². The Morgan fingerprint density at radius 3 is 2.20 bits per heavy atom. The summed E-state index contributed by atoms with van der Waals surface area (Å²) < 4.78 is 19.7. The van der Waals surface area contributed by atoms with Gasteiger partial charge in [0.05, 0.1) is 25.3 Å². The van der Waals surface area contributed by atoms with E-state index in [1.807, 2.05) is 79.7 Å². The van der Waals surface area contributed by atoms with Gasteiger partial charge in [-0.1, -0.05) is 45.4 Å². The predicted molar refractivity (Wildman–Crippen MR) is 156 cm³/mol. The third-order valence-corrected chi connectivity index (χ3v) is 6.99. The van der Waals surface area contributed by atoms with Crippen LogP contribution in [0.25, 0.3) is 39.2 Å². The molecule has 0 aliphatic carbocycles. The molecule has 0 radical (unpaired) electrons. The van der Waals surface area contributed by atoms with Crippen molar-refractivity contribution in [2.45, 2.75) is 13.5 Å². The Labute approximate surface area is 238 Å². The number of nitrogens with zero attached hydrogens (tertiary/aromatic N) is 5. The van der Waals surface area contributed by atoms with E-state index in [-0.39, 0.29) is 6.61 Å². The molecule has 0 saturated heterocycles. The molecule has 6 aromatic rings. The topological polar surface area (TPSA) is 96.3 Å². The van der Waals surface area contributed by atoms with Crippen molar-refractivity contribution in [3.8, 4) is 33.9 Å². The molecule has 0 spiro atoms. The second-order valence-electron chi connectivity index (χ2n) is 8.94. The Kier molecular flexibility index (Phi) is 6.91. The van der Waals surface area contributed by atoms with Crippen LogP contribution in [0.15, 0.2) is 93.2 Å². The second kappa shape index (κ2) is 10.8. The van der Waals surface area contributed by atoms with Crippen LogP contribution >= 0.6 is 15.9 Å². The largest absolute Gasteiger partial charge is 0.497 e. The van der Waals surface area contributed by atoms with Crippen molar-refractivity contribution in [2.75, 3.05) is 14.2 Å². The van der Waals surface area contributed by atoms with Crippen molar-refractivity contribution >= 4 is 38.4 Å². The molecule has 6 rings (SSSR count). The predicted octanol–water partition coefficient (Wildman–Crippen LogP) is 6.93. The fraction of sp³-hybridized carbons (Fsp3) is 0.133. The van der Waals surface area contributed by atoms with Crippen molar-refractivity contribution in [1.82, 2.24) is 19.6 Å². The number of furan rings is 1. The molecular formula is C30H24BrN5O4. The van der Waals surface area contributed by atoms with Crippen LogP contribution in [0.1, 0.15) is 18.3 Å². The lowest BCUT2D eigenvalue weighted by Crippen LogP contribution is -1.97. The lowest BCUT2D eigenvalue weighted by molar-refractivity contribution is 0.125. The lowest BCUT2D eigenvalue weighted by atomic mass is 9.99. The number of benzene rings is 3.